The lowest BCUT2D eigenvalue weighted by molar-refractivity contribution is -0.120. The van der Waals surface area contributed by atoms with Gasteiger partial charge in [-0.2, -0.15) is 0 Å². The second-order valence-corrected chi connectivity index (χ2v) is 7.32. The van der Waals surface area contributed by atoms with Crippen LogP contribution in [0.25, 0.3) is 0 Å². The molecular formula is C23H32N2O3. The molecule has 0 bridgehead atoms. The van der Waals surface area contributed by atoms with Crippen molar-refractivity contribution in [3.8, 4) is 11.5 Å². The zero-order chi connectivity index (χ0) is 20.5. The molecule has 3 N–H and O–H groups in total. The Hall–Kier alpha value is -2.53. The Kier molecular flexibility index (Phi) is 8.33. The predicted octanol–water partition coefficient (Wildman–Crippen LogP) is 3.33. The third-order valence-electron chi connectivity index (χ3n) is 4.63. The van der Waals surface area contributed by atoms with Gasteiger partial charge in [-0.05, 0) is 68.0 Å². The second kappa shape index (κ2) is 10.7. The minimum Gasteiger partial charge on any atom is -0.493 e. The topological polar surface area (TPSA) is 73.6 Å². The molecule has 5 heteroatoms. The van der Waals surface area contributed by atoms with Crippen molar-refractivity contribution >= 4 is 5.91 Å². The first kappa shape index (κ1) is 21.8. The van der Waals surface area contributed by atoms with Gasteiger partial charge in [-0.3, -0.25) is 4.79 Å². The number of rotatable bonds is 10. The number of hydrogen-bond donors (Lipinski definition) is 2. The van der Waals surface area contributed by atoms with E-state index in [1.165, 1.54) is 16.7 Å². The summed E-state index contributed by atoms with van der Waals surface area (Å²) in [6.45, 7) is 7.20. The summed E-state index contributed by atoms with van der Waals surface area (Å²) in [5.74, 6) is 1.25. The molecule has 0 fully saturated rings. The number of nitrogens with one attached hydrogen (secondary N) is 1. The molecule has 2 aromatic rings. The van der Waals surface area contributed by atoms with Gasteiger partial charge in [0, 0.05) is 12.6 Å². The number of nitrogens with two attached hydrogens (primary N) is 1. The summed E-state index contributed by atoms with van der Waals surface area (Å²) < 4.78 is 11.0. The molecule has 0 aliphatic heterocycles. The van der Waals surface area contributed by atoms with E-state index >= 15 is 0 Å². The number of ether oxygens (including phenoxy) is 2. The van der Waals surface area contributed by atoms with Crippen molar-refractivity contribution in [2.45, 2.75) is 46.1 Å². The van der Waals surface area contributed by atoms with Crippen LogP contribution in [-0.4, -0.2) is 32.2 Å². The largest absolute Gasteiger partial charge is 0.493 e. The van der Waals surface area contributed by atoms with E-state index in [1.54, 1.807) is 7.11 Å². The summed E-state index contributed by atoms with van der Waals surface area (Å²) >= 11 is 0. The molecule has 0 aliphatic carbocycles. The molecule has 0 saturated carbocycles. The van der Waals surface area contributed by atoms with Crippen molar-refractivity contribution < 1.29 is 14.3 Å². The highest BCUT2D eigenvalue weighted by atomic mass is 16.5. The van der Waals surface area contributed by atoms with Crippen LogP contribution in [-0.2, 0) is 17.6 Å². The van der Waals surface area contributed by atoms with Crippen LogP contribution in [0.15, 0.2) is 36.4 Å². The van der Waals surface area contributed by atoms with Crippen molar-refractivity contribution in [3.63, 3.8) is 0 Å². The zero-order valence-corrected chi connectivity index (χ0v) is 17.4. The van der Waals surface area contributed by atoms with Crippen LogP contribution in [0.5, 0.6) is 11.5 Å². The monoisotopic (exact) mass is 384 g/mol. The van der Waals surface area contributed by atoms with Crippen molar-refractivity contribution in [2.75, 3.05) is 20.3 Å². The van der Waals surface area contributed by atoms with Crippen molar-refractivity contribution in [1.29, 1.82) is 0 Å². The summed E-state index contributed by atoms with van der Waals surface area (Å²) in [7, 11) is 1.59. The Morgan fingerprint density at radius 2 is 1.82 bits per heavy atom. The lowest BCUT2D eigenvalue weighted by atomic mass is 10.0. The van der Waals surface area contributed by atoms with Crippen LogP contribution in [0.3, 0.4) is 0 Å². The smallest absolute Gasteiger partial charge is 0.224 e. The highest BCUT2D eigenvalue weighted by Crippen LogP contribution is 2.28. The Morgan fingerprint density at radius 3 is 2.50 bits per heavy atom. The molecular weight excluding hydrogens is 352 g/mol. The molecule has 0 radical (unpaired) electrons. The third kappa shape index (κ3) is 6.89. The molecule has 152 valence electrons. The first-order valence-corrected chi connectivity index (χ1v) is 9.77. The van der Waals surface area contributed by atoms with Crippen LogP contribution in [0.1, 0.15) is 35.6 Å². The van der Waals surface area contributed by atoms with Crippen LogP contribution in [0.4, 0.5) is 0 Å². The summed E-state index contributed by atoms with van der Waals surface area (Å²) in [5.41, 5.74) is 10.5. The van der Waals surface area contributed by atoms with Gasteiger partial charge in [0.2, 0.25) is 5.91 Å². The Labute approximate surface area is 168 Å². The maximum atomic E-state index is 12.2. The van der Waals surface area contributed by atoms with Crippen LogP contribution in [0, 0.1) is 13.8 Å². The lowest BCUT2D eigenvalue weighted by Gasteiger charge is -2.13. The maximum Gasteiger partial charge on any atom is 0.224 e. The van der Waals surface area contributed by atoms with Crippen molar-refractivity contribution in [1.82, 2.24) is 5.32 Å². The summed E-state index contributed by atoms with van der Waals surface area (Å²) in [5, 5.41) is 2.99. The van der Waals surface area contributed by atoms with Gasteiger partial charge in [0.1, 0.15) is 6.61 Å². The van der Waals surface area contributed by atoms with E-state index in [1.807, 2.05) is 25.1 Å². The summed E-state index contributed by atoms with van der Waals surface area (Å²) in [6, 6.07) is 12.0. The lowest BCUT2D eigenvalue weighted by Crippen LogP contribution is -2.26. The summed E-state index contributed by atoms with van der Waals surface area (Å²) in [6.07, 6.45) is 2.19. The minimum absolute atomic E-state index is 0.00592. The molecule has 0 aromatic heterocycles. The number of hydrogen-bond acceptors (Lipinski definition) is 4. The number of carbonyl (C=O) groups is 1. The average Bonchev–Trinajstić information content (AvgIpc) is 2.66. The molecule has 1 unspecified atom stereocenters. The maximum absolute atomic E-state index is 12.2. The van der Waals surface area contributed by atoms with E-state index in [0.29, 0.717) is 31.1 Å². The predicted molar refractivity (Wildman–Crippen MR) is 113 cm³/mol. The van der Waals surface area contributed by atoms with Crippen molar-refractivity contribution in [3.05, 3.63) is 58.7 Å². The minimum atomic E-state index is -0.0565. The molecule has 5 nitrogen and oxygen atoms in total. The fourth-order valence-corrected chi connectivity index (χ4v) is 2.89. The number of carbonyl (C=O) groups excluding carboxylic acids is 1. The van der Waals surface area contributed by atoms with E-state index in [-0.39, 0.29) is 11.9 Å². The van der Waals surface area contributed by atoms with Gasteiger partial charge in [0.25, 0.3) is 0 Å². The van der Waals surface area contributed by atoms with E-state index in [0.717, 1.165) is 18.4 Å². The van der Waals surface area contributed by atoms with Crippen LogP contribution >= 0.6 is 0 Å². The number of aryl methyl sites for hydroxylation is 3. The quantitative estimate of drug-likeness (QED) is 0.616. The molecule has 0 spiro atoms. The van der Waals surface area contributed by atoms with Crippen LogP contribution < -0.4 is 20.5 Å². The fraction of sp³-hybridized carbons (Fsp3) is 0.435. The third-order valence-corrected chi connectivity index (χ3v) is 4.63. The Bertz CT molecular complexity index is 787. The molecule has 1 atom stereocenters. The molecule has 2 aromatic carbocycles. The fourth-order valence-electron chi connectivity index (χ4n) is 2.89. The van der Waals surface area contributed by atoms with E-state index < -0.39 is 0 Å². The molecule has 1 amide bonds. The first-order valence-electron chi connectivity index (χ1n) is 9.77. The van der Waals surface area contributed by atoms with Gasteiger partial charge in [-0.15, -0.1) is 0 Å². The van der Waals surface area contributed by atoms with Gasteiger partial charge in [-0.1, -0.05) is 24.3 Å². The summed E-state index contributed by atoms with van der Waals surface area (Å²) in [4.78, 5) is 12.2. The highest BCUT2D eigenvalue weighted by Gasteiger charge is 2.10. The zero-order valence-electron chi connectivity index (χ0n) is 17.4. The van der Waals surface area contributed by atoms with Crippen molar-refractivity contribution in [2.24, 2.45) is 5.73 Å². The second-order valence-electron chi connectivity index (χ2n) is 7.32. The molecule has 0 aliphatic rings. The van der Waals surface area contributed by atoms with Gasteiger partial charge in [-0.25, -0.2) is 0 Å². The van der Waals surface area contributed by atoms with E-state index in [2.05, 4.69) is 37.4 Å². The van der Waals surface area contributed by atoms with Gasteiger partial charge < -0.3 is 20.5 Å². The molecule has 28 heavy (non-hydrogen) atoms. The van der Waals surface area contributed by atoms with E-state index in [4.69, 9.17) is 15.2 Å². The Balaban J connectivity index is 1.79. The van der Waals surface area contributed by atoms with E-state index in [9.17, 15) is 4.79 Å². The van der Waals surface area contributed by atoms with Gasteiger partial charge in [0.15, 0.2) is 11.5 Å². The normalized spacial score (nSPS) is 11.8. The number of amides is 1. The number of benzene rings is 2. The van der Waals surface area contributed by atoms with Gasteiger partial charge in [0.05, 0.1) is 13.5 Å². The van der Waals surface area contributed by atoms with Gasteiger partial charge >= 0.3 is 0 Å². The average molecular weight is 385 g/mol. The first-order chi connectivity index (χ1) is 13.4. The number of methoxy groups -OCH3 is 1. The molecule has 0 saturated heterocycles. The van der Waals surface area contributed by atoms with Crippen LogP contribution in [0.2, 0.25) is 0 Å². The highest BCUT2D eigenvalue weighted by molar-refractivity contribution is 5.78. The SMILES string of the molecule is COc1cc(CC(=O)NCCCc2ccc(C)c(C)c2)ccc1OCC(C)N. The standard InChI is InChI=1S/C23H32N2O3/c1-16-7-8-19(12-17(16)2)6-5-11-25-23(26)14-20-9-10-21(22(13-20)27-4)28-15-18(3)24/h7-10,12-13,18H,5-6,11,14-15,24H2,1-4H3,(H,25,26). The Morgan fingerprint density at radius 1 is 1.07 bits per heavy atom. The molecule has 0 heterocycles. The molecule has 2 rings (SSSR count).